The lowest BCUT2D eigenvalue weighted by Gasteiger charge is -2.21. The molecule has 0 aliphatic rings. The van der Waals surface area contributed by atoms with Gasteiger partial charge in [-0.2, -0.15) is 0 Å². The molecule has 1 atom stereocenters. The second kappa shape index (κ2) is 6.20. The Bertz CT molecular complexity index is 659. The molecular weight excluding hydrogens is 274 g/mol. The highest BCUT2D eigenvalue weighted by Gasteiger charge is 2.20. The maximum atomic E-state index is 14.0. The maximum Gasteiger partial charge on any atom is 0.128 e. The molecule has 0 aliphatic carbocycles. The van der Waals surface area contributed by atoms with Gasteiger partial charge >= 0.3 is 0 Å². The predicted octanol–water partition coefficient (Wildman–Crippen LogP) is 3.14. The van der Waals surface area contributed by atoms with Crippen molar-refractivity contribution in [2.75, 3.05) is 7.11 Å². The molecule has 2 aromatic rings. The van der Waals surface area contributed by atoms with E-state index in [0.29, 0.717) is 0 Å². The molecule has 3 nitrogen and oxygen atoms in total. The molecule has 0 fully saturated rings. The molecule has 5 heteroatoms. The number of nitrogens with two attached hydrogens (primary N) is 1. The van der Waals surface area contributed by atoms with Crippen LogP contribution >= 0.6 is 0 Å². The van der Waals surface area contributed by atoms with Crippen LogP contribution in [0.5, 0.6) is 5.75 Å². The first-order valence-electron chi connectivity index (χ1n) is 6.54. The van der Waals surface area contributed by atoms with E-state index in [0.717, 1.165) is 40.6 Å². The molecule has 1 unspecified atom stereocenters. The molecule has 0 saturated heterocycles. The van der Waals surface area contributed by atoms with Crippen LogP contribution in [-0.2, 0) is 0 Å². The number of aryl methyl sites for hydroxylation is 2. The van der Waals surface area contributed by atoms with Crippen molar-refractivity contribution in [2.24, 2.45) is 5.84 Å². The van der Waals surface area contributed by atoms with Crippen molar-refractivity contribution >= 4 is 0 Å². The summed E-state index contributed by atoms with van der Waals surface area (Å²) in [5.74, 6) is 5.31. The molecule has 0 amide bonds. The second-order valence-electron chi connectivity index (χ2n) is 4.94. The van der Waals surface area contributed by atoms with Crippen LogP contribution in [0.2, 0.25) is 0 Å². The Morgan fingerprint density at radius 2 is 1.76 bits per heavy atom. The number of rotatable bonds is 4. The van der Waals surface area contributed by atoms with E-state index in [1.54, 1.807) is 7.11 Å². The van der Waals surface area contributed by atoms with Gasteiger partial charge in [0.1, 0.15) is 17.4 Å². The molecule has 0 saturated carbocycles. The van der Waals surface area contributed by atoms with Crippen molar-refractivity contribution in [3.63, 3.8) is 0 Å². The zero-order valence-electron chi connectivity index (χ0n) is 12.2. The summed E-state index contributed by atoms with van der Waals surface area (Å²) >= 11 is 0. The Labute approximate surface area is 122 Å². The number of hydrogen-bond donors (Lipinski definition) is 2. The van der Waals surface area contributed by atoms with Crippen LogP contribution in [-0.4, -0.2) is 7.11 Å². The molecule has 0 aromatic heterocycles. The predicted molar refractivity (Wildman–Crippen MR) is 78.0 cm³/mol. The van der Waals surface area contributed by atoms with E-state index in [4.69, 9.17) is 10.6 Å². The van der Waals surface area contributed by atoms with Gasteiger partial charge in [-0.15, -0.1) is 0 Å². The Balaban J connectivity index is 2.56. The summed E-state index contributed by atoms with van der Waals surface area (Å²) < 4.78 is 32.6. The molecule has 2 rings (SSSR count). The summed E-state index contributed by atoms with van der Waals surface area (Å²) in [5, 5.41) is 0. The van der Waals surface area contributed by atoms with Crippen molar-refractivity contribution < 1.29 is 13.5 Å². The van der Waals surface area contributed by atoms with Gasteiger partial charge in [0, 0.05) is 5.56 Å². The Morgan fingerprint density at radius 1 is 1.05 bits per heavy atom. The molecular formula is C16H18F2N2O. The lowest BCUT2D eigenvalue weighted by molar-refractivity contribution is 0.411. The van der Waals surface area contributed by atoms with Crippen LogP contribution < -0.4 is 16.0 Å². The Kier molecular flexibility index (Phi) is 4.55. The third kappa shape index (κ3) is 3.04. The molecule has 3 N–H and O–H groups in total. The fourth-order valence-electron chi connectivity index (χ4n) is 2.43. The van der Waals surface area contributed by atoms with Gasteiger partial charge in [-0.05, 0) is 54.8 Å². The number of hydrazine groups is 1. The van der Waals surface area contributed by atoms with Gasteiger partial charge in [-0.3, -0.25) is 5.84 Å². The monoisotopic (exact) mass is 292 g/mol. The largest absolute Gasteiger partial charge is 0.496 e. The number of nitrogens with one attached hydrogen (secondary N) is 1. The summed E-state index contributed by atoms with van der Waals surface area (Å²) in [7, 11) is 1.59. The molecule has 0 bridgehead atoms. The fourth-order valence-corrected chi connectivity index (χ4v) is 2.43. The lowest BCUT2D eigenvalue weighted by atomic mass is 9.93. The van der Waals surface area contributed by atoms with Gasteiger partial charge in [0.25, 0.3) is 0 Å². The minimum Gasteiger partial charge on any atom is -0.496 e. The van der Waals surface area contributed by atoms with E-state index < -0.39 is 17.7 Å². The number of halogens is 2. The molecule has 0 aliphatic heterocycles. The minimum atomic E-state index is -0.634. The number of hydrogen-bond acceptors (Lipinski definition) is 3. The van der Waals surface area contributed by atoms with E-state index in [1.165, 1.54) is 0 Å². The van der Waals surface area contributed by atoms with E-state index in [2.05, 4.69) is 5.43 Å². The first kappa shape index (κ1) is 15.4. The van der Waals surface area contributed by atoms with Crippen molar-refractivity contribution in [2.45, 2.75) is 19.9 Å². The van der Waals surface area contributed by atoms with Crippen molar-refractivity contribution in [3.8, 4) is 5.75 Å². The SMILES string of the molecule is COc1cc(C)c(C(NN)c2cc(F)ccc2F)cc1C. The highest BCUT2D eigenvalue weighted by Crippen LogP contribution is 2.31. The molecule has 0 radical (unpaired) electrons. The molecule has 0 heterocycles. The highest BCUT2D eigenvalue weighted by atomic mass is 19.1. The van der Waals surface area contributed by atoms with E-state index >= 15 is 0 Å². The van der Waals surface area contributed by atoms with E-state index in [-0.39, 0.29) is 5.56 Å². The van der Waals surface area contributed by atoms with Gasteiger partial charge in [0.05, 0.1) is 13.2 Å². The quantitative estimate of drug-likeness (QED) is 0.672. The van der Waals surface area contributed by atoms with Crippen molar-refractivity contribution in [3.05, 3.63) is 64.2 Å². The second-order valence-corrected chi connectivity index (χ2v) is 4.94. The number of ether oxygens (including phenoxy) is 1. The van der Waals surface area contributed by atoms with Crippen LogP contribution in [0.1, 0.15) is 28.3 Å². The van der Waals surface area contributed by atoms with Crippen molar-refractivity contribution in [1.29, 1.82) is 0 Å². The number of benzene rings is 2. The Hall–Kier alpha value is -1.98. The number of methoxy groups -OCH3 is 1. The van der Waals surface area contributed by atoms with Gasteiger partial charge in [0.15, 0.2) is 0 Å². The van der Waals surface area contributed by atoms with Gasteiger partial charge in [0.2, 0.25) is 0 Å². The third-order valence-electron chi connectivity index (χ3n) is 3.53. The minimum absolute atomic E-state index is 0.171. The van der Waals surface area contributed by atoms with E-state index in [1.807, 2.05) is 26.0 Å². The van der Waals surface area contributed by atoms with Crippen LogP contribution in [0, 0.1) is 25.5 Å². The molecule has 21 heavy (non-hydrogen) atoms. The van der Waals surface area contributed by atoms with Crippen LogP contribution in [0.15, 0.2) is 30.3 Å². The van der Waals surface area contributed by atoms with Crippen molar-refractivity contribution in [1.82, 2.24) is 5.43 Å². The van der Waals surface area contributed by atoms with E-state index in [9.17, 15) is 8.78 Å². The highest BCUT2D eigenvalue weighted by molar-refractivity contribution is 5.46. The average molecular weight is 292 g/mol. The van der Waals surface area contributed by atoms with Crippen LogP contribution in [0.25, 0.3) is 0 Å². The summed E-state index contributed by atoms with van der Waals surface area (Å²) in [4.78, 5) is 0. The first-order valence-corrected chi connectivity index (χ1v) is 6.54. The zero-order chi connectivity index (χ0) is 15.6. The van der Waals surface area contributed by atoms with Crippen LogP contribution in [0.4, 0.5) is 8.78 Å². The van der Waals surface area contributed by atoms with Crippen LogP contribution in [0.3, 0.4) is 0 Å². The zero-order valence-corrected chi connectivity index (χ0v) is 12.2. The summed E-state index contributed by atoms with van der Waals surface area (Å²) in [5.41, 5.74) is 5.29. The van der Waals surface area contributed by atoms with Gasteiger partial charge in [-0.1, -0.05) is 6.07 Å². The molecule has 2 aromatic carbocycles. The molecule has 112 valence electrons. The summed E-state index contributed by atoms with van der Waals surface area (Å²) in [6.45, 7) is 3.76. The standard InChI is InChI=1S/C16H18F2N2O/c1-9-7-15(21-3)10(2)6-12(9)16(20-19)13-8-11(17)4-5-14(13)18/h4-8,16,20H,19H2,1-3H3. The Morgan fingerprint density at radius 3 is 2.38 bits per heavy atom. The van der Waals surface area contributed by atoms with Gasteiger partial charge < -0.3 is 4.74 Å². The summed E-state index contributed by atoms with van der Waals surface area (Å²) in [6, 6.07) is 6.42. The molecule has 0 spiro atoms. The average Bonchev–Trinajstić information content (AvgIpc) is 2.46. The topological polar surface area (TPSA) is 47.3 Å². The fraction of sp³-hybridized carbons (Fsp3) is 0.250. The summed E-state index contributed by atoms with van der Waals surface area (Å²) in [6.07, 6.45) is 0. The maximum absolute atomic E-state index is 14.0. The van der Waals surface area contributed by atoms with Gasteiger partial charge in [-0.25, -0.2) is 14.2 Å². The smallest absolute Gasteiger partial charge is 0.128 e. The third-order valence-corrected chi connectivity index (χ3v) is 3.53. The first-order chi connectivity index (χ1) is 9.97. The normalized spacial score (nSPS) is 12.3. The lowest BCUT2D eigenvalue weighted by Crippen LogP contribution is -2.30.